The normalized spacial score (nSPS) is 12.8. The SMILES string of the molecule is CCC(C)(CC)NCc1ccc(C(C)(C)C)cc1. The molecule has 1 nitrogen and oxygen atoms in total. The Morgan fingerprint density at radius 3 is 1.78 bits per heavy atom. The summed E-state index contributed by atoms with van der Waals surface area (Å²) in [5.41, 5.74) is 3.28. The molecule has 102 valence electrons. The van der Waals surface area contributed by atoms with E-state index in [4.69, 9.17) is 0 Å². The fourth-order valence-electron chi connectivity index (χ4n) is 1.94. The summed E-state index contributed by atoms with van der Waals surface area (Å²) in [6, 6.07) is 9.01. The number of benzene rings is 1. The van der Waals surface area contributed by atoms with Crippen LogP contribution >= 0.6 is 0 Å². The standard InChI is InChI=1S/C17H29N/c1-7-17(6,8-2)18-13-14-9-11-15(12-10-14)16(3,4)5/h9-12,18H,7-8,13H2,1-6H3. The molecule has 0 amide bonds. The second-order valence-corrected chi connectivity index (χ2v) is 6.57. The molecule has 0 atom stereocenters. The van der Waals surface area contributed by atoms with Crippen LogP contribution in [0.25, 0.3) is 0 Å². The summed E-state index contributed by atoms with van der Waals surface area (Å²) >= 11 is 0. The van der Waals surface area contributed by atoms with E-state index in [0.29, 0.717) is 0 Å². The van der Waals surface area contributed by atoms with Crippen LogP contribution < -0.4 is 5.32 Å². The summed E-state index contributed by atoms with van der Waals surface area (Å²) in [4.78, 5) is 0. The number of hydrogen-bond acceptors (Lipinski definition) is 1. The number of nitrogens with one attached hydrogen (secondary N) is 1. The molecule has 0 aliphatic rings. The summed E-state index contributed by atoms with van der Waals surface area (Å²) < 4.78 is 0. The van der Waals surface area contributed by atoms with E-state index in [1.54, 1.807) is 0 Å². The predicted octanol–water partition coefficient (Wildman–Crippen LogP) is 4.65. The summed E-state index contributed by atoms with van der Waals surface area (Å²) in [5.74, 6) is 0. The van der Waals surface area contributed by atoms with Gasteiger partial charge in [-0.1, -0.05) is 58.9 Å². The molecule has 0 heterocycles. The van der Waals surface area contributed by atoms with E-state index in [2.05, 4.69) is 71.1 Å². The van der Waals surface area contributed by atoms with Gasteiger partial charge in [0.15, 0.2) is 0 Å². The van der Waals surface area contributed by atoms with Gasteiger partial charge in [0, 0.05) is 12.1 Å². The highest BCUT2D eigenvalue weighted by Crippen LogP contribution is 2.22. The maximum atomic E-state index is 3.67. The highest BCUT2D eigenvalue weighted by atomic mass is 15.0. The van der Waals surface area contributed by atoms with Crippen molar-refractivity contribution in [2.24, 2.45) is 0 Å². The van der Waals surface area contributed by atoms with Gasteiger partial charge in [-0.3, -0.25) is 0 Å². The molecule has 0 saturated heterocycles. The Balaban J connectivity index is 2.65. The smallest absolute Gasteiger partial charge is 0.0210 e. The van der Waals surface area contributed by atoms with Crippen molar-refractivity contribution in [2.45, 2.75) is 71.9 Å². The molecule has 1 heteroatoms. The van der Waals surface area contributed by atoms with E-state index in [9.17, 15) is 0 Å². The van der Waals surface area contributed by atoms with Gasteiger partial charge in [0.1, 0.15) is 0 Å². The second-order valence-electron chi connectivity index (χ2n) is 6.57. The van der Waals surface area contributed by atoms with Gasteiger partial charge in [0.2, 0.25) is 0 Å². The van der Waals surface area contributed by atoms with Crippen molar-refractivity contribution in [3.05, 3.63) is 35.4 Å². The topological polar surface area (TPSA) is 12.0 Å². The Kier molecular flexibility index (Phi) is 4.98. The minimum Gasteiger partial charge on any atom is -0.307 e. The molecule has 0 aliphatic heterocycles. The lowest BCUT2D eigenvalue weighted by atomic mass is 9.86. The van der Waals surface area contributed by atoms with E-state index >= 15 is 0 Å². The van der Waals surface area contributed by atoms with Gasteiger partial charge in [0.25, 0.3) is 0 Å². The van der Waals surface area contributed by atoms with Gasteiger partial charge in [-0.15, -0.1) is 0 Å². The molecule has 0 fully saturated rings. The van der Waals surface area contributed by atoms with Gasteiger partial charge in [0.05, 0.1) is 0 Å². The van der Waals surface area contributed by atoms with Gasteiger partial charge < -0.3 is 5.32 Å². The molecular formula is C17H29N. The van der Waals surface area contributed by atoms with Crippen LogP contribution in [-0.4, -0.2) is 5.54 Å². The molecule has 0 aliphatic carbocycles. The number of rotatable bonds is 5. The Hall–Kier alpha value is -0.820. The summed E-state index contributed by atoms with van der Waals surface area (Å²) in [5, 5.41) is 3.67. The lowest BCUT2D eigenvalue weighted by molar-refractivity contribution is 0.329. The lowest BCUT2D eigenvalue weighted by Crippen LogP contribution is -2.40. The fourth-order valence-corrected chi connectivity index (χ4v) is 1.94. The summed E-state index contributed by atoms with van der Waals surface area (Å²) in [7, 11) is 0. The van der Waals surface area contributed by atoms with Crippen LogP contribution in [-0.2, 0) is 12.0 Å². The Bertz CT molecular complexity index is 352. The van der Waals surface area contributed by atoms with E-state index < -0.39 is 0 Å². The van der Waals surface area contributed by atoms with Crippen molar-refractivity contribution < 1.29 is 0 Å². The first-order valence-electron chi connectivity index (χ1n) is 7.15. The van der Waals surface area contributed by atoms with Crippen molar-refractivity contribution in [1.82, 2.24) is 5.32 Å². The largest absolute Gasteiger partial charge is 0.307 e. The van der Waals surface area contributed by atoms with Gasteiger partial charge in [-0.2, -0.15) is 0 Å². The zero-order valence-electron chi connectivity index (χ0n) is 12.9. The monoisotopic (exact) mass is 247 g/mol. The maximum absolute atomic E-state index is 3.67. The highest BCUT2D eigenvalue weighted by molar-refractivity contribution is 5.27. The predicted molar refractivity (Wildman–Crippen MR) is 81.0 cm³/mol. The van der Waals surface area contributed by atoms with Gasteiger partial charge >= 0.3 is 0 Å². The van der Waals surface area contributed by atoms with Crippen molar-refractivity contribution in [1.29, 1.82) is 0 Å². The van der Waals surface area contributed by atoms with E-state index in [-0.39, 0.29) is 11.0 Å². The van der Waals surface area contributed by atoms with Crippen molar-refractivity contribution in [3.63, 3.8) is 0 Å². The molecule has 0 unspecified atom stereocenters. The van der Waals surface area contributed by atoms with Gasteiger partial charge in [-0.25, -0.2) is 0 Å². The van der Waals surface area contributed by atoms with Gasteiger partial charge in [-0.05, 0) is 36.3 Å². The van der Waals surface area contributed by atoms with E-state index in [1.165, 1.54) is 24.0 Å². The van der Waals surface area contributed by atoms with Crippen LogP contribution in [0.5, 0.6) is 0 Å². The molecule has 1 rings (SSSR count). The summed E-state index contributed by atoms with van der Waals surface area (Å²) in [6.45, 7) is 14.5. The second kappa shape index (κ2) is 5.88. The zero-order valence-corrected chi connectivity index (χ0v) is 12.9. The third kappa shape index (κ3) is 4.13. The van der Waals surface area contributed by atoms with Crippen LogP contribution in [0, 0.1) is 0 Å². The Labute approximate surface area is 113 Å². The summed E-state index contributed by atoms with van der Waals surface area (Å²) in [6.07, 6.45) is 2.34. The minimum absolute atomic E-state index is 0.243. The van der Waals surface area contributed by atoms with Crippen molar-refractivity contribution >= 4 is 0 Å². The number of hydrogen-bond donors (Lipinski definition) is 1. The Morgan fingerprint density at radius 2 is 1.39 bits per heavy atom. The molecular weight excluding hydrogens is 218 g/mol. The third-order valence-corrected chi connectivity index (χ3v) is 4.10. The minimum atomic E-state index is 0.243. The average Bonchev–Trinajstić information content (AvgIpc) is 2.35. The first-order chi connectivity index (χ1) is 8.30. The van der Waals surface area contributed by atoms with Crippen molar-refractivity contribution in [2.75, 3.05) is 0 Å². The Morgan fingerprint density at radius 1 is 0.889 bits per heavy atom. The average molecular weight is 247 g/mol. The fraction of sp³-hybridized carbons (Fsp3) is 0.647. The maximum Gasteiger partial charge on any atom is 0.0210 e. The van der Waals surface area contributed by atoms with Crippen LogP contribution in [0.4, 0.5) is 0 Å². The first kappa shape index (κ1) is 15.2. The van der Waals surface area contributed by atoms with Crippen LogP contribution in [0.15, 0.2) is 24.3 Å². The molecule has 0 bridgehead atoms. The van der Waals surface area contributed by atoms with Crippen LogP contribution in [0.2, 0.25) is 0 Å². The molecule has 1 aromatic rings. The quantitative estimate of drug-likeness (QED) is 0.798. The molecule has 0 radical (unpaired) electrons. The molecule has 0 spiro atoms. The van der Waals surface area contributed by atoms with E-state index in [0.717, 1.165) is 6.54 Å². The van der Waals surface area contributed by atoms with Crippen molar-refractivity contribution in [3.8, 4) is 0 Å². The molecule has 0 aromatic heterocycles. The molecule has 0 saturated carbocycles. The molecule has 18 heavy (non-hydrogen) atoms. The van der Waals surface area contributed by atoms with E-state index in [1.807, 2.05) is 0 Å². The third-order valence-electron chi connectivity index (χ3n) is 4.10. The molecule has 1 N–H and O–H groups in total. The van der Waals surface area contributed by atoms with Crippen LogP contribution in [0.1, 0.15) is 65.5 Å². The highest BCUT2D eigenvalue weighted by Gasteiger charge is 2.18. The molecule has 1 aromatic carbocycles. The van der Waals surface area contributed by atoms with Crippen LogP contribution in [0.3, 0.4) is 0 Å². The first-order valence-corrected chi connectivity index (χ1v) is 7.15. The lowest BCUT2D eigenvalue weighted by Gasteiger charge is -2.28. The zero-order chi connectivity index (χ0) is 13.8.